The van der Waals surface area contributed by atoms with E-state index in [9.17, 15) is 9.59 Å². The highest BCUT2D eigenvalue weighted by Crippen LogP contribution is 2.31. The topological polar surface area (TPSA) is 67.3 Å². The molecule has 0 atom stereocenters. The molecule has 1 saturated heterocycles. The van der Waals surface area contributed by atoms with Crippen LogP contribution in [-0.4, -0.2) is 39.2 Å². The molecule has 2 aromatic carbocycles. The first kappa shape index (κ1) is 23.8. The number of carbonyl (C=O) groups is 1. The highest BCUT2D eigenvalue weighted by atomic mass is 79.9. The average molecular weight is 536 g/mol. The molecule has 4 aromatic rings. The predicted molar refractivity (Wildman–Crippen MR) is 144 cm³/mol. The molecular formula is C28H30BrN3O3. The number of pyridine rings is 1. The van der Waals surface area contributed by atoms with Crippen molar-refractivity contribution >= 4 is 43.8 Å². The lowest BCUT2D eigenvalue weighted by Crippen LogP contribution is -2.29. The Morgan fingerprint density at radius 2 is 1.77 bits per heavy atom. The van der Waals surface area contributed by atoms with E-state index in [4.69, 9.17) is 4.74 Å². The second-order valence-corrected chi connectivity index (χ2v) is 11.2. The zero-order chi connectivity index (χ0) is 24.7. The number of carbonyl (C=O) groups excluding carboxylic acids is 1. The number of piperidine rings is 1. The third kappa shape index (κ3) is 5.07. The van der Waals surface area contributed by atoms with Crippen LogP contribution in [0.4, 0.5) is 4.79 Å². The Bertz CT molecular complexity index is 1470. The quantitative estimate of drug-likeness (QED) is 0.317. The van der Waals surface area contributed by atoms with Gasteiger partial charge in [-0.2, -0.15) is 0 Å². The number of nitrogens with one attached hydrogen (secondary N) is 1. The van der Waals surface area contributed by atoms with Crippen LogP contribution in [0, 0.1) is 0 Å². The van der Waals surface area contributed by atoms with Crippen LogP contribution in [0.1, 0.15) is 45.6 Å². The summed E-state index contributed by atoms with van der Waals surface area (Å²) in [6.07, 6.45) is 3.28. The third-order valence-corrected chi connectivity index (χ3v) is 6.87. The van der Waals surface area contributed by atoms with Crippen LogP contribution in [0.5, 0.6) is 0 Å². The number of aromatic amines is 1. The van der Waals surface area contributed by atoms with Crippen LogP contribution >= 0.6 is 15.9 Å². The molecule has 5 rings (SSSR count). The van der Waals surface area contributed by atoms with Gasteiger partial charge in [0.1, 0.15) is 5.60 Å². The van der Waals surface area contributed by atoms with Crippen molar-refractivity contribution in [1.82, 2.24) is 14.5 Å². The molecule has 0 spiro atoms. The maximum Gasteiger partial charge on any atom is 0.419 e. The monoisotopic (exact) mass is 535 g/mol. The first-order valence-electron chi connectivity index (χ1n) is 12.1. The van der Waals surface area contributed by atoms with Crippen LogP contribution in [-0.2, 0) is 11.3 Å². The summed E-state index contributed by atoms with van der Waals surface area (Å²) >= 11 is 3.50. The van der Waals surface area contributed by atoms with Crippen LogP contribution in [0.3, 0.4) is 0 Å². The van der Waals surface area contributed by atoms with Crippen molar-refractivity contribution in [2.45, 2.75) is 52.2 Å². The maximum atomic E-state index is 13.4. The number of aromatic nitrogens is 2. The summed E-state index contributed by atoms with van der Waals surface area (Å²) < 4.78 is 8.19. The standard InChI is InChI=1S/C28H30BrN3O3/c1-28(2,3)35-27(34)32-24-10-7-18(17-31-11-5-4-6-12-31)13-20(24)16-25(32)22-15-19-14-21(29)8-9-23(19)30-26(22)33/h7-10,13-16H,4-6,11-12,17H2,1-3H3,(H,30,33). The van der Waals surface area contributed by atoms with Crippen molar-refractivity contribution < 1.29 is 9.53 Å². The van der Waals surface area contributed by atoms with Crippen LogP contribution < -0.4 is 5.56 Å². The summed E-state index contributed by atoms with van der Waals surface area (Å²) in [5.41, 5.74) is 2.70. The van der Waals surface area contributed by atoms with Gasteiger partial charge in [0.15, 0.2) is 0 Å². The Hall–Kier alpha value is -2.90. The molecule has 1 fully saturated rings. The fourth-order valence-electron chi connectivity index (χ4n) is 4.81. The molecule has 0 saturated carbocycles. The Kier molecular flexibility index (Phi) is 6.32. The Morgan fingerprint density at radius 1 is 1.00 bits per heavy atom. The van der Waals surface area contributed by atoms with Crippen molar-refractivity contribution in [3.63, 3.8) is 0 Å². The number of hydrogen-bond donors (Lipinski definition) is 1. The largest absolute Gasteiger partial charge is 0.443 e. The number of benzene rings is 2. The van der Waals surface area contributed by atoms with Gasteiger partial charge in [-0.1, -0.05) is 28.4 Å². The molecule has 1 aliphatic heterocycles. The summed E-state index contributed by atoms with van der Waals surface area (Å²) in [5.74, 6) is 0. The molecule has 35 heavy (non-hydrogen) atoms. The van der Waals surface area contributed by atoms with E-state index in [1.165, 1.54) is 29.4 Å². The molecule has 2 aromatic heterocycles. The number of rotatable bonds is 3. The first-order chi connectivity index (χ1) is 16.7. The second kappa shape index (κ2) is 9.28. The normalized spacial score (nSPS) is 15.1. The summed E-state index contributed by atoms with van der Waals surface area (Å²) in [6.45, 7) is 8.63. The van der Waals surface area contributed by atoms with Crippen molar-refractivity contribution in [2.24, 2.45) is 0 Å². The number of halogens is 1. The van der Waals surface area contributed by atoms with Gasteiger partial charge in [-0.3, -0.25) is 9.69 Å². The van der Waals surface area contributed by atoms with Crippen LogP contribution in [0.25, 0.3) is 33.1 Å². The second-order valence-electron chi connectivity index (χ2n) is 10.3. The minimum atomic E-state index is -0.667. The van der Waals surface area contributed by atoms with Gasteiger partial charge in [0.05, 0.1) is 16.8 Å². The Morgan fingerprint density at radius 3 is 2.51 bits per heavy atom. The molecule has 0 amide bonds. The zero-order valence-corrected chi connectivity index (χ0v) is 21.9. The average Bonchev–Trinajstić information content (AvgIpc) is 3.17. The molecule has 182 valence electrons. The van der Waals surface area contributed by atoms with E-state index >= 15 is 0 Å². The highest BCUT2D eigenvalue weighted by Gasteiger charge is 2.24. The van der Waals surface area contributed by atoms with E-state index in [2.05, 4.69) is 37.9 Å². The maximum absolute atomic E-state index is 13.4. The van der Waals surface area contributed by atoms with Crippen molar-refractivity contribution in [2.75, 3.05) is 13.1 Å². The lowest BCUT2D eigenvalue weighted by molar-refractivity contribution is 0.0547. The minimum absolute atomic E-state index is 0.249. The molecule has 3 heterocycles. The summed E-state index contributed by atoms with van der Waals surface area (Å²) in [7, 11) is 0. The van der Waals surface area contributed by atoms with E-state index in [0.29, 0.717) is 11.3 Å². The molecule has 7 heteroatoms. The molecule has 0 unspecified atom stereocenters. The molecule has 0 radical (unpaired) electrons. The van der Waals surface area contributed by atoms with E-state index in [-0.39, 0.29) is 5.56 Å². The third-order valence-electron chi connectivity index (χ3n) is 6.38. The number of nitrogens with zero attached hydrogens (tertiary/aromatic N) is 2. The van der Waals surface area contributed by atoms with E-state index in [1.807, 2.05) is 57.2 Å². The van der Waals surface area contributed by atoms with Gasteiger partial charge in [-0.25, -0.2) is 9.36 Å². The predicted octanol–water partition coefficient (Wildman–Crippen LogP) is 6.68. The number of H-pyrrole nitrogens is 1. The van der Waals surface area contributed by atoms with Crippen molar-refractivity contribution in [3.05, 3.63) is 68.9 Å². The Labute approximate surface area is 213 Å². The van der Waals surface area contributed by atoms with Gasteiger partial charge in [-0.05, 0) is 94.7 Å². The lowest BCUT2D eigenvalue weighted by Gasteiger charge is -2.26. The van der Waals surface area contributed by atoms with Crippen molar-refractivity contribution in [1.29, 1.82) is 0 Å². The van der Waals surface area contributed by atoms with E-state index < -0.39 is 11.7 Å². The first-order valence-corrected chi connectivity index (χ1v) is 12.9. The minimum Gasteiger partial charge on any atom is -0.443 e. The fourth-order valence-corrected chi connectivity index (χ4v) is 5.19. The highest BCUT2D eigenvalue weighted by molar-refractivity contribution is 9.10. The summed E-state index contributed by atoms with van der Waals surface area (Å²) in [6, 6.07) is 15.6. The summed E-state index contributed by atoms with van der Waals surface area (Å²) in [4.78, 5) is 32.0. The van der Waals surface area contributed by atoms with E-state index in [0.717, 1.165) is 45.9 Å². The number of likely N-dealkylation sites (tertiary alicyclic amines) is 1. The van der Waals surface area contributed by atoms with Gasteiger partial charge in [0.25, 0.3) is 5.56 Å². The number of fused-ring (bicyclic) bond motifs is 2. The van der Waals surface area contributed by atoms with Gasteiger partial charge in [0.2, 0.25) is 0 Å². The Balaban J connectivity index is 1.65. The van der Waals surface area contributed by atoms with Gasteiger partial charge in [-0.15, -0.1) is 0 Å². The molecule has 0 bridgehead atoms. The fraction of sp³-hybridized carbons (Fsp3) is 0.357. The molecule has 1 N–H and O–H groups in total. The molecular weight excluding hydrogens is 506 g/mol. The summed E-state index contributed by atoms with van der Waals surface area (Å²) in [5, 5.41) is 1.79. The number of ether oxygens (including phenoxy) is 1. The molecule has 1 aliphatic rings. The van der Waals surface area contributed by atoms with Crippen molar-refractivity contribution in [3.8, 4) is 11.3 Å². The van der Waals surface area contributed by atoms with Crippen LogP contribution in [0.15, 0.2) is 57.8 Å². The lowest BCUT2D eigenvalue weighted by atomic mass is 10.1. The van der Waals surface area contributed by atoms with Gasteiger partial charge in [0, 0.05) is 27.3 Å². The van der Waals surface area contributed by atoms with Gasteiger partial charge >= 0.3 is 6.09 Å². The smallest absolute Gasteiger partial charge is 0.419 e. The van der Waals surface area contributed by atoms with Gasteiger partial charge < -0.3 is 9.72 Å². The zero-order valence-electron chi connectivity index (χ0n) is 20.4. The molecule has 0 aliphatic carbocycles. The number of hydrogen-bond acceptors (Lipinski definition) is 4. The SMILES string of the molecule is CC(C)(C)OC(=O)n1c(-c2cc3cc(Br)ccc3[nH]c2=O)cc2cc(CN3CCCCC3)ccc21. The molecule has 6 nitrogen and oxygen atoms in total. The van der Waals surface area contributed by atoms with Crippen LogP contribution in [0.2, 0.25) is 0 Å². The van der Waals surface area contributed by atoms with E-state index in [1.54, 1.807) is 0 Å².